The Bertz CT molecular complexity index is 546. The lowest BCUT2D eigenvalue weighted by atomic mass is 10.1. The molecule has 0 spiro atoms. The summed E-state index contributed by atoms with van der Waals surface area (Å²) in [5.41, 5.74) is 2.23. The van der Waals surface area contributed by atoms with Gasteiger partial charge in [0.25, 0.3) is 0 Å². The van der Waals surface area contributed by atoms with E-state index in [1.807, 2.05) is 29.1 Å². The molecule has 112 valence electrons. The third-order valence-electron chi connectivity index (χ3n) is 4.04. The fourth-order valence-corrected chi connectivity index (χ4v) is 2.80. The van der Waals surface area contributed by atoms with E-state index in [4.69, 9.17) is 4.74 Å². The van der Waals surface area contributed by atoms with Crippen molar-refractivity contribution in [2.45, 2.75) is 19.9 Å². The van der Waals surface area contributed by atoms with Gasteiger partial charge < -0.3 is 4.74 Å². The minimum Gasteiger partial charge on any atom is -0.381 e. The number of benzene rings is 1. The van der Waals surface area contributed by atoms with Crippen LogP contribution >= 0.6 is 0 Å². The van der Waals surface area contributed by atoms with E-state index >= 15 is 0 Å². The zero-order valence-corrected chi connectivity index (χ0v) is 12.6. The average molecular weight is 285 g/mol. The van der Waals surface area contributed by atoms with E-state index in [1.54, 1.807) is 0 Å². The minimum absolute atomic E-state index is 0.682. The van der Waals surface area contributed by atoms with Crippen LogP contribution in [0.2, 0.25) is 0 Å². The van der Waals surface area contributed by atoms with Gasteiger partial charge in [-0.2, -0.15) is 5.10 Å². The average Bonchev–Trinajstić information content (AvgIpc) is 3.19. The molecule has 1 aliphatic heterocycles. The van der Waals surface area contributed by atoms with Gasteiger partial charge in [-0.05, 0) is 37.1 Å². The largest absolute Gasteiger partial charge is 0.381 e. The molecule has 1 aliphatic rings. The van der Waals surface area contributed by atoms with Crippen LogP contribution < -0.4 is 0 Å². The molecule has 0 aliphatic carbocycles. The molecule has 3 rings (SSSR count). The van der Waals surface area contributed by atoms with E-state index in [0.717, 1.165) is 44.2 Å². The minimum atomic E-state index is 0.682. The first kappa shape index (κ1) is 14.3. The van der Waals surface area contributed by atoms with E-state index in [0.29, 0.717) is 5.92 Å². The summed E-state index contributed by atoms with van der Waals surface area (Å²) < 4.78 is 7.41. The summed E-state index contributed by atoms with van der Waals surface area (Å²) in [5.74, 6) is 0.682. The lowest BCUT2D eigenvalue weighted by Gasteiger charge is -2.22. The highest BCUT2D eigenvalue weighted by molar-refractivity contribution is 5.30. The van der Waals surface area contributed by atoms with Gasteiger partial charge in [0, 0.05) is 25.9 Å². The van der Waals surface area contributed by atoms with Crippen molar-refractivity contribution in [2.24, 2.45) is 5.92 Å². The Labute approximate surface area is 126 Å². The molecule has 0 N–H and O–H groups in total. The summed E-state index contributed by atoms with van der Waals surface area (Å²) in [4.78, 5) is 2.46. The second-order valence-corrected chi connectivity index (χ2v) is 5.64. The monoisotopic (exact) mass is 285 g/mol. The van der Waals surface area contributed by atoms with E-state index in [2.05, 4.69) is 35.1 Å². The molecule has 1 aromatic carbocycles. The Morgan fingerprint density at radius 1 is 1.29 bits per heavy atom. The van der Waals surface area contributed by atoms with Crippen LogP contribution in [0.1, 0.15) is 19.0 Å². The van der Waals surface area contributed by atoms with Gasteiger partial charge in [0.2, 0.25) is 0 Å². The molecule has 4 nitrogen and oxygen atoms in total. The predicted octanol–water partition coefficient (Wildman–Crippen LogP) is 2.73. The molecule has 0 radical (unpaired) electrons. The maximum absolute atomic E-state index is 5.47. The number of hydrogen-bond acceptors (Lipinski definition) is 3. The SMILES string of the molecule is CCN(Cc1ccn(-c2ccccc2)n1)C[C@@H]1CCOC1. The Kier molecular flexibility index (Phi) is 4.68. The summed E-state index contributed by atoms with van der Waals surface area (Å²) in [7, 11) is 0. The molecular formula is C17H23N3O. The van der Waals surface area contributed by atoms with Crippen LogP contribution in [0.15, 0.2) is 42.6 Å². The van der Waals surface area contributed by atoms with Crippen molar-refractivity contribution >= 4 is 0 Å². The third-order valence-corrected chi connectivity index (χ3v) is 4.04. The molecule has 1 fully saturated rings. The van der Waals surface area contributed by atoms with Gasteiger partial charge in [-0.1, -0.05) is 25.1 Å². The van der Waals surface area contributed by atoms with Gasteiger partial charge in [0.15, 0.2) is 0 Å². The van der Waals surface area contributed by atoms with Crippen molar-refractivity contribution in [1.82, 2.24) is 14.7 Å². The highest BCUT2D eigenvalue weighted by atomic mass is 16.5. The number of aromatic nitrogens is 2. The smallest absolute Gasteiger partial charge is 0.0769 e. The van der Waals surface area contributed by atoms with Crippen LogP contribution in [0.25, 0.3) is 5.69 Å². The third kappa shape index (κ3) is 3.71. The van der Waals surface area contributed by atoms with E-state index in [9.17, 15) is 0 Å². The van der Waals surface area contributed by atoms with Crippen molar-refractivity contribution < 1.29 is 4.74 Å². The van der Waals surface area contributed by atoms with E-state index < -0.39 is 0 Å². The molecule has 0 unspecified atom stereocenters. The quantitative estimate of drug-likeness (QED) is 0.817. The second kappa shape index (κ2) is 6.87. The molecule has 2 heterocycles. The molecule has 21 heavy (non-hydrogen) atoms. The van der Waals surface area contributed by atoms with Gasteiger partial charge in [0.05, 0.1) is 18.0 Å². The van der Waals surface area contributed by atoms with Crippen molar-refractivity contribution in [3.05, 3.63) is 48.3 Å². The molecule has 0 saturated carbocycles. The molecule has 2 aromatic rings. The molecule has 1 saturated heterocycles. The standard InChI is InChI=1S/C17H23N3O/c1-2-19(12-15-9-11-21-14-15)13-16-8-10-20(18-16)17-6-4-3-5-7-17/h3-8,10,15H,2,9,11-14H2,1H3/t15-/m0/s1. The first-order valence-electron chi connectivity index (χ1n) is 7.75. The van der Waals surface area contributed by atoms with Crippen LogP contribution in [0.3, 0.4) is 0 Å². The highest BCUT2D eigenvalue weighted by Crippen LogP contribution is 2.15. The topological polar surface area (TPSA) is 30.3 Å². The first-order chi connectivity index (χ1) is 10.3. The van der Waals surface area contributed by atoms with Crippen LogP contribution in [0.5, 0.6) is 0 Å². The van der Waals surface area contributed by atoms with Crippen molar-refractivity contribution in [2.75, 3.05) is 26.3 Å². The molecular weight excluding hydrogens is 262 g/mol. The maximum Gasteiger partial charge on any atom is 0.0769 e. The maximum atomic E-state index is 5.47. The summed E-state index contributed by atoms with van der Waals surface area (Å²) in [6.07, 6.45) is 3.23. The van der Waals surface area contributed by atoms with Gasteiger partial charge >= 0.3 is 0 Å². The number of hydrogen-bond donors (Lipinski definition) is 0. The lowest BCUT2D eigenvalue weighted by Crippen LogP contribution is -2.29. The van der Waals surface area contributed by atoms with Gasteiger partial charge in [-0.15, -0.1) is 0 Å². The second-order valence-electron chi connectivity index (χ2n) is 5.64. The fourth-order valence-electron chi connectivity index (χ4n) is 2.80. The zero-order chi connectivity index (χ0) is 14.5. The molecule has 4 heteroatoms. The summed E-state index contributed by atoms with van der Waals surface area (Å²) in [6.45, 7) is 7.11. The van der Waals surface area contributed by atoms with Crippen LogP contribution in [0.4, 0.5) is 0 Å². The van der Waals surface area contributed by atoms with E-state index in [1.165, 1.54) is 6.42 Å². The van der Waals surface area contributed by atoms with Gasteiger partial charge in [0.1, 0.15) is 0 Å². The summed E-state index contributed by atoms with van der Waals surface area (Å²) >= 11 is 0. The molecule has 1 atom stereocenters. The Morgan fingerprint density at radius 3 is 2.86 bits per heavy atom. The van der Waals surface area contributed by atoms with Gasteiger partial charge in [-0.3, -0.25) is 4.90 Å². The molecule has 1 aromatic heterocycles. The number of rotatable bonds is 6. The van der Waals surface area contributed by atoms with Crippen LogP contribution in [-0.2, 0) is 11.3 Å². The fraction of sp³-hybridized carbons (Fsp3) is 0.471. The lowest BCUT2D eigenvalue weighted by molar-refractivity contribution is 0.166. The van der Waals surface area contributed by atoms with Crippen molar-refractivity contribution in [3.63, 3.8) is 0 Å². The highest BCUT2D eigenvalue weighted by Gasteiger charge is 2.19. The Balaban J connectivity index is 1.62. The number of nitrogens with zero attached hydrogens (tertiary/aromatic N) is 3. The number of ether oxygens (including phenoxy) is 1. The Hall–Kier alpha value is -1.65. The van der Waals surface area contributed by atoms with Crippen LogP contribution in [0, 0.1) is 5.92 Å². The Morgan fingerprint density at radius 2 is 2.14 bits per heavy atom. The number of para-hydroxylation sites is 1. The predicted molar refractivity (Wildman–Crippen MR) is 83.4 cm³/mol. The summed E-state index contributed by atoms with van der Waals surface area (Å²) in [5, 5.41) is 4.69. The van der Waals surface area contributed by atoms with Crippen molar-refractivity contribution in [3.8, 4) is 5.69 Å². The summed E-state index contributed by atoms with van der Waals surface area (Å²) in [6, 6.07) is 12.4. The van der Waals surface area contributed by atoms with Crippen molar-refractivity contribution in [1.29, 1.82) is 0 Å². The normalized spacial score (nSPS) is 18.5. The zero-order valence-electron chi connectivity index (χ0n) is 12.6. The molecule has 0 amide bonds. The molecule has 0 bridgehead atoms. The van der Waals surface area contributed by atoms with E-state index in [-0.39, 0.29) is 0 Å². The van der Waals surface area contributed by atoms with Crippen LogP contribution in [-0.4, -0.2) is 41.0 Å². The first-order valence-corrected chi connectivity index (χ1v) is 7.75. The van der Waals surface area contributed by atoms with Gasteiger partial charge in [-0.25, -0.2) is 4.68 Å².